The van der Waals surface area contributed by atoms with E-state index in [1.165, 1.54) is 22.5 Å². The van der Waals surface area contributed by atoms with Crippen molar-refractivity contribution >= 4 is 38.9 Å². The predicted molar refractivity (Wildman–Crippen MR) is 101 cm³/mol. The molecule has 5 nitrogen and oxygen atoms in total. The third-order valence-corrected chi connectivity index (χ3v) is 6.49. The lowest BCUT2D eigenvalue weighted by atomic mass is 10.1. The van der Waals surface area contributed by atoms with Crippen molar-refractivity contribution in [2.45, 2.75) is 19.0 Å². The van der Waals surface area contributed by atoms with Crippen molar-refractivity contribution in [3.63, 3.8) is 0 Å². The number of hydrogen-bond acceptors (Lipinski definition) is 3. The Labute approximate surface area is 165 Å². The number of halogens is 4. The summed E-state index contributed by atoms with van der Waals surface area (Å²) in [4.78, 5) is 12.4. The number of alkyl halides is 3. The fourth-order valence-electron chi connectivity index (χ4n) is 2.86. The van der Waals surface area contributed by atoms with E-state index in [2.05, 4.69) is 5.32 Å². The van der Waals surface area contributed by atoms with Gasteiger partial charge in [0.15, 0.2) is 0 Å². The molecule has 0 saturated carbocycles. The highest BCUT2D eigenvalue weighted by atomic mass is 35.5. The van der Waals surface area contributed by atoms with Crippen LogP contribution < -0.4 is 9.62 Å². The number of anilines is 2. The molecule has 0 unspecified atom stereocenters. The Bertz CT molecular complexity index is 992. The maximum atomic E-state index is 12.6. The van der Waals surface area contributed by atoms with Crippen LogP contribution >= 0.6 is 11.6 Å². The summed E-state index contributed by atoms with van der Waals surface area (Å²) in [7, 11) is -3.41. The van der Waals surface area contributed by atoms with Crippen molar-refractivity contribution < 1.29 is 26.4 Å². The molecule has 1 aliphatic heterocycles. The average molecular weight is 433 g/mol. The summed E-state index contributed by atoms with van der Waals surface area (Å²) in [6.45, 7) is 0.343. The molecule has 0 radical (unpaired) electrons. The van der Waals surface area contributed by atoms with Crippen molar-refractivity contribution in [3.05, 3.63) is 58.6 Å². The number of benzene rings is 2. The van der Waals surface area contributed by atoms with Gasteiger partial charge in [-0.15, -0.1) is 0 Å². The van der Waals surface area contributed by atoms with E-state index >= 15 is 0 Å². The number of rotatable bonds is 3. The smallest absolute Gasteiger partial charge is 0.322 e. The quantitative estimate of drug-likeness (QED) is 0.774. The summed E-state index contributed by atoms with van der Waals surface area (Å²) >= 11 is 6.16. The van der Waals surface area contributed by atoms with Gasteiger partial charge in [0.05, 0.1) is 27.6 Å². The second-order valence-electron chi connectivity index (χ2n) is 6.29. The van der Waals surface area contributed by atoms with Crippen LogP contribution in [0.25, 0.3) is 0 Å². The second-order valence-corrected chi connectivity index (χ2v) is 8.71. The van der Waals surface area contributed by atoms with Gasteiger partial charge in [0.25, 0.3) is 5.91 Å². The van der Waals surface area contributed by atoms with Crippen LogP contribution in [-0.4, -0.2) is 26.6 Å². The fourth-order valence-corrected chi connectivity index (χ4v) is 4.76. The van der Waals surface area contributed by atoms with Crippen molar-refractivity contribution in [2.24, 2.45) is 0 Å². The number of amides is 1. The fraction of sp³-hybridized carbons (Fsp3) is 0.278. The predicted octanol–water partition coefficient (Wildman–Crippen LogP) is 4.54. The highest BCUT2D eigenvalue weighted by molar-refractivity contribution is 7.92. The molecule has 10 heteroatoms. The molecule has 1 N–H and O–H groups in total. The Morgan fingerprint density at radius 3 is 2.32 bits per heavy atom. The van der Waals surface area contributed by atoms with Gasteiger partial charge >= 0.3 is 6.18 Å². The van der Waals surface area contributed by atoms with Gasteiger partial charge in [-0.25, -0.2) is 8.42 Å². The molecule has 1 heterocycles. The van der Waals surface area contributed by atoms with E-state index in [-0.39, 0.29) is 22.0 Å². The monoisotopic (exact) mass is 432 g/mol. The minimum absolute atomic E-state index is 0.0442. The van der Waals surface area contributed by atoms with Crippen LogP contribution in [0.3, 0.4) is 0 Å². The first kappa shape index (κ1) is 20.5. The zero-order valence-corrected chi connectivity index (χ0v) is 16.0. The lowest BCUT2D eigenvalue weighted by molar-refractivity contribution is -0.137. The van der Waals surface area contributed by atoms with Crippen LogP contribution in [0.15, 0.2) is 42.5 Å². The molecule has 3 rings (SSSR count). The maximum absolute atomic E-state index is 12.6. The molecule has 28 heavy (non-hydrogen) atoms. The Balaban J connectivity index is 1.77. The summed E-state index contributed by atoms with van der Waals surface area (Å²) in [5.41, 5.74) is -0.192. The normalized spacial score (nSPS) is 16.6. The molecular formula is C18H16ClF3N2O3S. The van der Waals surface area contributed by atoms with Gasteiger partial charge in [0.1, 0.15) is 0 Å². The van der Waals surface area contributed by atoms with Gasteiger partial charge < -0.3 is 5.32 Å². The Morgan fingerprint density at radius 2 is 1.75 bits per heavy atom. The molecule has 1 saturated heterocycles. The SMILES string of the molecule is O=C(Nc1ccc(C(F)(F)F)cc1)c1ccc(N2CCCCS2(=O)=O)cc1Cl. The lowest BCUT2D eigenvalue weighted by Gasteiger charge is -2.28. The molecule has 2 aromatic carbocycles. The van der Waals surface area contributed by atoms with E-state index in [1.54, 1.807) is 0 Å². The Kier molecular flexibility index (Phi) is 5.58. The van der Waals surface area contributed by atoms with E-state index in [9.17, 15) is 26.4 Å². The van der Waals surface area contributed by atoms with Gasteiger partial charge in [-0.2, -0.15) is 13.2 Å². The molecule has 1 amide bonds. The molecule has 0 atom stereocenters. The largest absolute Gasteiger partial charge is 0.416 e. The average Bonchev–Trinajstić information content (AvgIpc) is 2.61. The van der Waals surface area contributed by atoms with Crippen molar-refractivity contribution in [2.75, 3.05) is 21.9 Å². The molecular weight excluding hydrogens is 417 g/mol. The molecule has 150 valence electrons. The molecule has 0 spiro atoms. The highest BCUT2D eigenvalue weighted by Crippen LogP contribution is 2.31. The Morgan fingerprint density at radius 1 is 1.07 bits per heavy atom. The topological polar surface area (TPSA) is 66.5 Å². The van der Waals surface area contributed by atoms with Gasteiger partial charge in [0, 0.05) is 12.2 Å². The minimum Gasteiger partial charge on any atom is -0.322 e. The van der Waals surface area contributed by atoms with Crippen LogP contribution in [-0.2, 0) is 16.2 Å². The number of nitrogens with zero attached hydrogens (tertiary/aromatic N) is 1. The molecule has 1 aliphatic rings. The third kappa shape index (κ3) is 4.41. The second kappa shape index (κ2) is 7.63. The van der Waals surface area contributed by atoms with Crippen molar-refractivity contribution in [1.82, 2.24) is 0 Å². The first-order valence-corrected chi connectivity index (χ1v) is 10.4. The Hall–Kier alpha value is -2.26. The third-order valence-electron chi connectivity index (χ3n) is 4.30. The zero-order valence-electron chi connectivity index (χ0n) is 14.5. The van der Waals surface area contributed by atoms with E-state index in [1.807, 2.05) is 0 Å². The van der Waals surface area contributed by atoms with E-state index in [0.717, 1.165) is 30.7 Å². The van der Waals surface area contributed by atoms with Crippen LogP contribution in [0, 0.1) is 0 Å². The van der Waals surface area contributed by atoms with E-state index in [0.29, 0.717) is 18.7 Å². The lowest BCUT2D eigenvalue weighted by Crippen LogP contribution is -2.37. The van der Waals surface area contributed by atoms with Crippen LogP contribution in [0.4, 0.5) is 24.5 Å². The number of sulfonamides is 1. The van der Waals surface area contributed by atoms with Crippen molar-refractivity contribution in [3.8, 4) is 0 Å². The zero-order chi connectivity index (χ0) is 20.5. The molecule has 1 fully saturated rings. The number of nitrogens with one attached hydrogen (secondary N) is 1. The molecule has 0 bridgehead atoms. The number of carbonyl (C=O) groups excluding carboxylic acids is 1. The minimum atomic E-state index is -4.46. The molecule has 2 aromatic rings. The highest BCUT2D eigenvalue weighted by Gasteiger charge is 2.30. The molecule has 0 aliphatic carbocycles. The maximum Gasteiger partial charge on any atom is 0.416 e. The van der Waals surface area contributed by atoms with Gasteiger partial charge in [0.2, 0.25) is 10.0 Å². The summed E-state index contributed by atoms with van der Waals surface area (Å²) < 4.78 is 63.4. The van der Waals surface area contributed by atoms with Crippen LogP contribution in [0.2, 0.25) is 5.02 Å². The van der Waals surface area contributed by atoms with Gasteiger partial charge in [-0.1, -0.05) is 11.6 Å². The first-order chi connectivity index (χ1) is 13.1. The van der Waals surface area contributed by atoms with Crippen LogP contribution in [0.1, 0.15) is 28.8 Å². The summed E-state index contributed by atoms with van der Waals surface area (Å²) in [6, 6.07) is 8.28. The van der Waals surface area contributed by atoms with Crippen molar-refractivity contribution in [1.29, 1.82) is 0 Å². The summed E-state index contributed by atoms with van der Waals surface area (Å²) in [6.07, 6.45) is -3.14. The standard InChI is InChI=1S/C18H16ClF3N2O3S/c19-16-11-14(24-9-1-2-10-28(24,26)27)7-8-15(16)17(25)23-13-5-3-12(4-6-13)18(20,21)22/h3-8,11H,1-2,9-10H2,(H,23,25). The van der Waals surface area contributed by atoms with E-state index < -0.39 is 27.7 Å². The summed E-state index contributed by atoms with van der Waals surface area (Å²) in [5, 5.41) is 2.51. The van der Waals surface area contributed by atoms with E-state index in [4.69, 9.17) is 11.6 Å². The van der Waals surface area contributed by atoms with Gasteiger partial charge in [-0.05, 0) is 55.3 Å². The summed E-state index contributed by atoms with van der Waals surface area (Å²) in [5.74, 6) is -0.557. The number of carbonyl (C=O) groups is 1. The first-order valence-electron chi connectivity index (χ1n) is 8.36. The molecule has 0 aromatic heterocycles. The number of hydrogen-bond donors (Lipinski definition) is 1. The van der Waals surface area contributed by atoms with Gasteiger partial charge in [-0.3, -0.25) is 9.10 Å². The van der Waals surface area contributed by atoms with Crippen LogP contribution in [0.5, 0.6) is 0 Å².